The molecule has 3 aliphatic heterocycles. The highest BCUT2D eigenvalue weighted by molar-refractivity contribution is 6.07. The predicted octanol–water partition coefficient (Wildman–Crippen LogP) is 3.60. The second-order valence-electron chi connectivity index (χ2n) is 12.6. The number of benzene rings is 3. The molecule has 3 aromatic carbocycles. The standard InChI is InChI=1S/C37H40N2O8/c1-35-19-20-36(2,47-35)32-31(35)33(42)39(34(32)43)21-18-30(41)38-27(22-40)23-46-37(24-8-6-5-7-9-24,25-10-14-28(44-3)15-11-25)26-12-16-29(45-4)17-13-26/h5-17,19-20,27,31-32,40H,18,21-23H2,1-4H3,(H,38,41)/t27?,31-,32+,35?,36?. The molecule has 0 radical (unpaired) electrons. The van der Waals surface area contributed by atoms with Crippen molar-refractivity contribution in [2.75, 3.05) is 34.0 Å². The second kappa shape index (κ2) is 12.6. The Morgan fingerprint density at radius 3 is 1.81 bits per heavy atom. The number of amides is 3. The number of ether oxygens (including phenoxy) is 4. The Morgan fingerprint density at radius 1 is 0.851 bits per heavy atom. The van der Waals surface area contributed by atoms with Gasteiger partial charge in [-0.25, -0.2) is 0 Å². The second-order valence-corrected chi connectivity index (χ2v) is 12.6. The molecule has 2 fully saturated rings. The molecular weight excluding hydrogens is 600 g/mol. The number of carbonyl (C=O) groups excluding carboxylic acids is 3. The summed E-state index contributed by atoms with van der Waals surface area (Å²) >= 11 is 0. The lowest BCUT2D eigenvalue weighted by molar-refractivity contribution is -0.146. The molecule has 3 heterocycles. The SMILES string of the molecule is COc1ccc(C(OCC(CO)NC(=O)CCN2C(=O)[C@@H]3[C@H](C2=O)C2(C)C=CC3(C)O2)(c2ccccc2)c2ccc(OC)cc2)cc1. The van der Waals surface area contributed by atoms with Crippen LogP contribution in [0.5, 0.6) is 11.5 Å². The Labute approximate surface area is 274 Å². The van der Waals surface area contributed by atoms with E-state index in [1.807, 2.05) is 105 Å². The molecule has 47 heavy (non-hydrogen) atoms. The lowest BCUT2D eigenvalue weighted by Crippen LogP contribution is -2.46. The lowest BCUT2D eigenvalue weighted by Gasteiger charge is -2.37. The quantitative estimate of drug-likeness (QED) is 0.165. The first-order valence-electron chi connectivity index (χ1n) is 15.7. The van der Waals surface area contributed by atoms with Gasteiger partial charge in [-0.3, -0.25) is 19.3 Å². The fourth-order valence-corrected chi connectivity index (χ4v) is 7.26. The molecule has 10 nitrogen and oxygen atoms in total. The minimum atomic E-state index is -1.13. The zero-order valence-electron chi connectivity index (χ0n) is 27.0. The molecule has 0 aromatic heterocycles. The van der Waals surface area contributed by atoms with E-state index in [9.17, 15) is 19.5 Å². The van der Waals surface area contributed by atoms with Crippen molar-refractivity contribution >= 4 is 17.7 Å². The normalized spacial score (nSPS) is 25.2. The minimum Gasteiger partial charge on any atom is -0.497 e. The number of likely N-dealkylation sites (tertiary alicyclic amines) is 1. The Morgan fingerprint density at radius 2 is 1.34 bits per heavy atom. The van der Waals surface area contributed by atoms with Gasteiger partial charge in [0.2, 0.25) is 17.7 Å². The highest BCUT2D eigenvalue weighted by Gasteiger charge is 2.70. The van der Waals surface area contributed by atoms with Gasteiger partial charge in [0.15, 0.2) is 0 Å². The maximum Gasteiger partial charge on any atom is 0.236 e. The highest BCUT2D eigenvalue weighted by Crippen LogP contribution is 2.57. The number of fused-ring (bicyclic) bond motifs is 5. The van der Waals surface area contributed by atoms with E-state index in [2.05, 4.69) is 5.32 Å². The molecule has 0 spiro atoms. The van der Waals surface area contributed by atoms with Crippen molar-refractivity contribution in [1.82, 2.24) is 10.2 Å². The van der Waals surface area contributed by atoms with Crippen molar-refractivity contribution in [3.63, 3.8) is 0 Å². The Kier molecular flexibility index (Phi) is 8.69. The highest BCUT2D eigenvalue weighted by atomic mass is 16.5. The average molecular weight is 641 g/mol. The Balaban J connectivity index is 1.20. The molecule has 246 valence electrons. The first-order chi connectivity index (χ1) is 22.6. The number of rotatable bonds is 13. The van der Waals surface area contributed by atoms with Crippen molar-refractivity contribution in [2.45, 2.75) is 43.1 Å². The number of aliphatic hydroxyl groups is 1. The smallest absolute Gasteiger partial charge is 0.236 e. The zero-order chi connectivity index (χ0) is 33.4. The number of aliphatic hydroxyl groups excluding tert-OH is 1. The summed E-state index contributed by atoms with van der Waals surface area (Å²) < 4.78 is 23.7. The van der Waals surface area contributed by atoms with Crippen LogP contribution in [0.3, 0.4) is 0 Å². The van der Waals surface area contributed by atoms with E-state index in [1.165, 1.54) is 4.90 Å². The van der Waals surface area contributed by atoms with E-state index in [0.29, 0.717) is 11.5 Å². The predicted molar refractivity (Wildman–Crippen MR) is 173 cm³/mol. The molecule has 2 bridgehead atoms. The molecule has 0 aliphatic carbocycles. The van der Waals surface area contributed by atoms with Crippen LogP contribution in [0.4, 0.5) is 0 Å². The molecule has 3 amide bonds. The summed E-state index contributed by atoms with van der Waals surface area (Å²) in [6, 6.07) is 24.1. The summed E-state index contributed by atoms with van der Waals surface area (Å²) in [6.07, 6.45) is 3.60. The van der Waals surface area contributed by atoms with Crippen LogP contribution in [-0.2, 0) is 29.5 Å². The first-order valence-corrected chi connectivity index (χ1v) is 15.7. The molecule has 5 atom stereocenters. The molecule has 6 rings (SSSR count). The summed E-state index contributed by atoms with van der Waals surface area (Å²) in [6.45, 7) is 3.13. The van der Waals surface area contributed by atoms with Crippen LogP contribution in [-0.4, -0.2) is 79.0 Å². The zero-order valence-corrected chi connectivity index (χ0v) is 27.0. The van der Waals surface area contributed by atoms with Crippen molar-refractivity contribution in [1.29, 1.82) is 0 Å². The van der Waals surface area contributed by atoms with Gasteiger partial charge < -0.3 is 29.4 Å². The van der Waals surface area contributed by atoms with E-state index in [0.717, 1.165) is 16.7 Å². The van der Waals surface area contributed by atoms with Crippen LogP contribution in [0, 0.1) is 11.8 Å². The van der Waals surface area contributed by atoms with E-state index in [1.54, 1.807) is 14.2 Å². The Hall–Kier alpha value is -4.51. The van der Waals surface area contributed by atoms with Gasteiger partial charge in [-0.2, -0.15) is 0 Å². The van der Waals surface area contributed by atoms with E-state index >= 15 is 0 Å². The van der Waals surface area contributed by atoms with Crippen molar-refractivity contribution < 1.29 is 38.4 Å². The van der Waals surface area contributed by atoms with E-state index in [4.69, 9.17) is 18.9 Å². The summed E-state index contributed by atoms with van der Waals surface area (Å²) in [4.78, 5) is 41.0. The molecule has 3 aromatic rings. The largest absolute Gasteiger partial charge is 0.497 e. The maximum absolute atomic E-state index is 13.3. The summed E-state index contributed by atoms with van der Waals surface area (Å²) in [5.41, 5.74) is -0.340. The number of hydrogen-bond donors (Lipinski definition) is 2. The number of methoxy groups -OCH3 is 2. The van der Waals surface area contributed by atoms with Crippen molar-refractivity contribution in [2.24, 2.45) is 11.8 Å². The molecule has 10 heteroatoms. The van der Waals surface area contributed by atoms with Crippen LogP contribution >= 0.6 is 0 Å². The van der Waals surface area contributed by atoms with Crippen LogP contribution in [0.1, 0.15) is 37.0 Å². The van der Waals surface area contributed by atoms with Crippen LogP contribution in [0.2, 0.25) is 0 Å². The van der Waals surface area contributed by atoms with Crippen LogP contribution in [0.25, 0.3) is 0 Å². The number of nitrogens with one attached hydrogen (secondary N) is 1. The monoisotopic (exact) mass is 640 g/mol. The number of hydrogen-bond acceptors (Lipinski definition) is 8. The number of imide groups is 1. The maximum atomic E-state index is 13.3. The third-order valence-corrected chi connectivity index (χ3v) is 9.64. The summed E-state index contributed by atoms with van der Waals surface area (Å²) in [7, 11) is 3.20. The average Bonchev–Trinajstić information content (AvgIpc) is 3.65. The van der Waals surface area contributed by atoms with Crippen LogP contribution in [0.15, 0.2) is 91.0 Å². The molecule has 2 saturated heterocycles. The van der Waals surface area contributed by atoms with E-state index in [-0.39, 0.29) is 31.4 Å². The first kappa shape index (κ1) is 32.4. The summed E-state index contributed by atoms with van der Waals surface area (Å²) in [5.74, 6) is -0.899. The van der Waals surface area contributed by atoms with Crippen LogP contribution < -0.4 is 14.8 Å². The van der Waals surface area contributed by atoms with E-state index < -0.39 is 47.2 Å². The van der Waals surface area contributed by atoms with Gasteiger partial charge >= 0.3 is 0 Å². The molecule has 3 aliphatic rings. The van der Waals surface area contributed by atoms with Gasteiger partial charge in [-0.1, -0.05) is 66.7 Å². The van der Waals surface area contributed by atoms with Gasteiger partial charge in [-0.05, 0) is 54.8 Å². The molecule has 2 N–H and O–H groups in total. The topological polar surface area (TPSA) is 124 Å². The van der Waals surface area contributed by atoms with Crippen molar-refractivity contribution in [3.8, 4) is 11.5 Å². The fraction of sp³-hybridized carbons (Fsp3) is 0.378. The van der Waals surface area contributed by atoms with Gasteiger partial charge in [0.05, 0.1) is 56.5 Å². The lowest BCUT2D eigenvalue weighted by atomic mass is 9.73. The Bertz CT molecular complexity index is 1570. The minimum absolute atomic E-state index is 0.0549. The summed E-state index contributed by atoms with van der Waals surface area (Å²) in [5, 5.41) is 13.2. The van der Waals surface area contributed by atoms with Gasteiger partial charge in [0.25, 0.3) is 0 Å². The molecule has 0 saturated carbocycles. The third-order valence-electron chi connectivity index (χ3n) is 9.64. The van der Waals surface area contributed by atoms with Gasteiger partial charge in [-0.15, -0.1) is 0 Å². The van der Waals surface area contributed by atoms with Gasteiger partial charge in [0.1, 0.15) is 17.1 Å². The molecule has 3 unspecified atom stereocenters. The fourth-order valence-electron chi connectivity index (χ4n) is 7.26. The number of carbonyl (C=O) groups is 3. The molecular formula is C37H40N2O8. The number of nitrogens with zero attached hydrogens (tertiary/aromatic N) is 1. The third kappa shape index (κ3) is 5.60. The van der Waals surface area contributed by atoms with Crippen molar-refractivity contribution in [3.05, 3.63) is 108 Å². The van der Waals surface area contributed by atoms with Gasteiger partial charge in [0, 0.05) is 13.0 Å².